The van der Waals surface area contributed by atoms with Gasteiger partial charge in [-0.05, 0) is 47.4 Å². The van der Waals surface area contributed by atoms with Gasteiger partial charge in [-0.1, -0.05) is 91.1 Å². The molecule has 178 valence electrons. The van der Waals surface area contributed by atoms with E-state index < -0.39 is 6.04 Å². The Hall–Kier alpha value is -2.82. The third-order valence-electron chi connectivity index (χ3n) is 5.61. The predicted molar refractivity (Wildman–Crippen MR) is 139 cm³/mol. The summed E-state index contributed by atoms with van der Waals surface area (Å²) in [6.07, 6.45) is 2.44. The molecule has 3 rings (SSSR count). The lowest BCUT2D eigenvalue weighted by Crippen LogP contribution is -2.51. The van der Waals surface area contributed by atoms with Crippen molar-refractivity contribution in [3.63, 3.8) is 0 Å². The molecule has 0 aliphatic carbocycles. The van der Waals surface area contributed by atoms with E-state index in [0.29, 0.717) is 29.6 Å². The molecule has 0 fully saturated rings. The molecular weight excluding hydrogens is 467 g/mol. The van der Waals surface area contributed by atoms with Crippen molar-refractivity contribution in [3.8, 4) is 0 Å². The number of benzene rings is 3. The van der Waals surface area contributed by atoms with Crippen LogP contribution in [0.1, 0.15) is 36.5 Å². The first kappa shape index (κ1) is 25.8. The second-order valence-corrected chi connectivity index (χ2v) is 9.18. The van der Waals surface area contributed by atoms with Crippen molar-refractivity contribution in [3.05, 3.63) is 106 Å². The molecule has 0 aliphatic rings. The third-order valence-corrected chi connectivity index (χ3v) is 6.10. The van der Waals surface area contributed by atoms with Crippen LogP contribution in [0.2, 0.25) is 10.0 Å². The molecule has 0 saturated carbocycles. The molecule has 4 nitrogen and oxygen atoms in total. The Morgan fingerprint density at radius 3 is 2.24 bits per heavy atom. The molecule has 0 aromatic heterocycles. The zero-order chi connectivity index (χ0) is 24.3. The first-order valence-electron chi connectivity index (χ1n) is 11.6. The SMILES string of the molecule is CCCCNC(=O)C(Cc1ccccc1)N(Cc1ccc(Cl)cc1)C(=O)Cc1cccc(Cl)c1. The number of amides is 2. The van der Waals surface area contributed by atoms with E-state index >= 15 is 0 Å². The molecule has 0 aliphatic heterocycles. The number of carbonyl (C=O) groups is 2. The number of hydrogen-bond donors (Lipinski definition) is 1. The molecule has 0 spiro atoms. The van der Waals surface area contributed by atoms with Crippen molar-refractivity contribution >= 4 is 35.0 Å². The van der Waals surface area contributed by atoms with Crippen molar-refractivity contribution in [2.75, 3.05) is 6.54 Å². The van der Waals surface area contributed by atoms with E-state index in [-0.39, 0.29) is 18.2 Å². The minimum atomic E-state index is -0.651. The standard InChI is InChI=1S/C28H30Cl2N2O2/c1-2-3-16-31-28(34)26(18-21-8-5-4-6-9-21)32(20-22-12-14-24(29)15-13-22)27(33)19-23-10-7-11-25(30)17-23/h4-15,17,26H,2-3,16,18-20H2,1H3,(H,31,34). The van der Waals surface area contributed by atoms with Crippen LogP contribution in [0.4, 0.5) is 0 Å². The van der Waals surface area contributed by atoms with Crippen LogP contribution in [-0.4, -0.2) is 29.3 Å². The summed E-state index contributed by atoms with van der Waals surface area (Å²) in [5, 5.41) is 4.23. The van der Waals surface area contributed by atoms with Crippen molar-refractivity contribution in [1.29, 1.82) is 0 Å². The monoisotopic (exact) mass is 496 g/mol. The van der Waals surface area contributed by atoms with Gasteiger partial charge in [-0.3, -0.25) is 9.59 Å². The highest BCUT2D eigenvalue weighted by atomic mass is 35.5. The molecule has 2 amide bonds. The number of rotatable bonds is 11. The topological polar surface area (TPSA) is 49.4 Å². The Bertz CT molecular complexity index is 1070. The fraction of sp³-hybridized carbons (Fsp3) is 0.286. The van der Waals surface area contributed by atoms with Crippen molar-refractivity contribution in [2.24, 2.45) is 0 Å². The highest BCUT2D eigenvalue weighted by Crippen LogP contribution is 2.19. The minimum Gasteiger partial charge on any atom is -0.354 e. The van der Waals surface area contributed by atoms with Crippen molar-refractivity contribution < 1.29 is 9.59 Å². The van der Waals surface area contributed by atoms with Crippen LogP contribution in [0.15, 0.2) is 78.9 Å². The van der Waals surface area contributed by atoms with Crippen LogP contribution in [0.25, 0.3) is 0 Å². The lowest BCUT2D eigenvalue weighted by molar-refractivity contribution is -0.140. The van der Waals surface area contributed by atoms with Crippen LogP contribution in [0.5, 0.6) is 0 Å². The normalized spacial score (nSPS) is 11.6. The summed E-state index contributed by atoms with van der Waals surface area (Å²) in [5.74, 6) is -0.283. The second kappa shape index (κ2) is 13.2. The lowest BCUT2D eigenvalue weighted by atomic mass is 10.0. The first-order chi connectivity index (χ1) is 16.5. The average molecular weight is 497 g/mol. The van der Waals surface area contributed by atoms with E-state index in [1.807, 2.05) is 54.6 Å². The van der Waals surface area contributed by atoms with Crippen LogP contribution >= 0.6 is 23.2 Å². The molecule has 1 atom stereocenters. The molecule has 6 heteroatoms. The summed E-state index contributed by atoms with van der Waals surface area (Å²) in [5.41, 5.74) is 2.71. The maximum Gasteiger partial charge on any atom is 0.243 e. The molecule has 34 heavy (non-hydrogen) atoms. The summed E-state index contributed by atoms with van der Waals surface area (Å²) in [6, 6.07) is 23.8. The maximum atomic E-state index is 13.6. The highest BCUT2D eigenvalue weighted by molar-refractivity contribution is 6.30. The molecule has 3 aromatic carbocycles. The zero-order valence-corrected chi connectivity index (χ0v) is 20.9. The minimum absolute atomic E-state index is 0.135. The molecular formula is C28H30Cl2N2O2. The van der Waals surface area contributed by atoms with E-state index in [1.54, 1.807) is 29.2 Å². The summed E-state index contributed by atoms with van der Waals surface area (Å²) in [6.45, 7) is 2.96. The van der Waals surface area contributed by atoms with Gasteiger partial charge in [0.05, 0.1) is 6.42 Å². The van der Waals surface area contributed by atoms with E-state index in [4.69, 9.17) is 23.2 Å². The number of hydrogen-bond acceptors (Lipinski definition) is 2. The molecule has 0 heterocycles. The average Bonchev–Trinajstić information content (AvgIpc) is 2.83. The van der Waals surface area contributed by atoms with Crippen LogP contribution in [0, 0.1) is 0 Å². The molecule has 0 saturated heterocycles. The Labute approximate surface area is 211 Å². The number of halogens is 2. The van der Waals surface area contributed by atoms with Gasteiger partial charge in [0.25, 0.3) is 0 Å². The van der Waals surface area contributed by atoms with E-state index in [0.717, 1.165) is 29.5 Å². The maximum absolute atomic E-state index is 13.6. The van der Waals surface area contributed by atoms with Crippen molar-refractivity contribution in [1.82, 2.24) is 10.2 Å². The van der Waals surface area contributed by atoms with E-state index in [2.05, 4.69) is 12.2 Å². The Balaban J connectivity index is 1.93. The number of carbonyl (C=O) groups excluding carboxylic acids is 2. The van der Waals surface area contributed by atoms with Gasteiger partial charge in [0.15, 0.2) is 0 Å². The van der Waals surface area contributed by atoms with Gasteiger partial charge in [-0.2, -0.15) is 0 Å². The van der Waals surface area contributed by atoms with Gasteiger partial charge in [-0.25, -0.2) is 0 Å². The van der Waals surface area contributed by atoms with E-state index in [1.165, 1.54) is 0 Å². The number of nitrogens with zero attached hydrogens (tertiary/aromatic N) is 1. The molecule has 1 unspecified atom stereocenters. The molecule has 0 radical (unpaired) electrons. The van der Waals surface area contributed by atoms with Gasteiger partial charge in [0.1, 0.15) is 6.04 Å². The first-order valence-corrected chi connectivity index (χ1v) is 12.3. The Kier molecular flexibility index (Phi) is 9.99. The van der Waals surface area contributed by atoms with Crippen LogP contribution in [-0.2, 0) is 29.0 Å². The van der Waals surface area contributed by atoms with Crippen molar-refractivity contribution in [2.45, 2.75) is 45.2 Å². The van der Waals surface area contributed by atoms with Crippen LogP contribution in [0.3, 0.4) is 0 Å². The number of unbranched alkanes of at least 4 members (excludes halogenated alkanes) is 1. The largest absolute Gasteiger partial charge is 0.354 e. The Morgan fingerprint density at radius 2 is 1.56 bits per heavy atom. The van der Waals surface area contributed by atoms with E-state index in [9.17, 15) is 9.59 Å². The van der Waals surface area contributed by atoms with Gasteiger partial charge >= 0.3 is 0 Å². The second-order valence-electron chi connectivity index (χ2n) is 8.30. The highest BCUT2D eigenvalue weighted by Gasteiger charge is 2.30. The van der Waals surface area contributed by atoms with Gasteiger partial charge in [0.2, 0.25) is 11.8 Å². The molecule has 3 aromatic rings. The fourth-order valence-electron chi connectivity index (χ4n) is 3.77. The summed E-state index contributed by atoms with van der Waals surface area (Å²) in [7, 11) is 0. The number of nitrogens with one attached hydrogen (secondary N) is 1. The lowest BCUT2D eigenvalue weighted by Gasteiger charge is -2.32. The Morgan fingerprint density at radius 1 is 0.853 bits per heavy atom. The smallest absolute Gasteiger partial charge is 0.243 e. The fourth-order valence-corrected chi connectivity index (χ4v) is 4.11. The van der Waals surface area contributed by atoms with Gasteiger partial charge in [-0.15, -0.1) is 0 Å². The van der Waals surface area contributed by atoms with Crippen LogP contribution < -0.4 is 5.32 Å². The molecule has 0 bridgehead atoms. The van der Waals surface area contributed by atoms with Gasteiger partial charge < -0.3 is 10.2 Å². The summed E-state index contributed by atoms with van der Waals surface area (Å²) >= 11 is 12.2. The third kappa shape index (κ3) is 7.89. The predicted octanol–water partition coefficient (Wildman–Crippen LogP) is 6.09. The van der Waals surface area contributed by atoms with Gasteiger partial charge in [0, 0.05) is 29.6 Å². The summed E-state index contributed by atoms with van der Waals surface area (Å²) < 4.78 is 0. The molecule has 1 N–H and O–H groups in total. The zero-order valence-electron chi connectivity index (χ0n) is 19.3. The summed E-state index contributed by atoms with van der Waals surface area (Å²) in [4.78, 5) is 28.7. The quantitative estimate of drug-likeness (QED) is 0.326.